The van der Waals surface area contributed by atoms with E-state index in [0.29, 0.717) is 18.1 Å². The van der Waals surface area contributed by atoms with Crippen molar-refractivity contribution in [3.8, 4) is 0 Å². The lowest BCUT2D eigenvalue weighted by atomic mass is 10.4. The van der Waals surface area contributed by atoms with Crippen LogP contribution in [0.5, 0.6) is 0 Å². The normalized spacial score (nSPS) is 11.0. The van der Waals surface area contributed by atoms with Crippen LogP contribution < -0.4 is 0 Å². The van der Waals surface area contributed by atoms with Gasteiger partial charge < -0.3 is 19.6 Å². The molecule has 0 saturated heterocycles. The van der Waals surface area contributed by atoms with Crippen LogP contribution in [0.25, 0.3) is 0 Å². The number of aromatic nitrogens is 2. The second-order valence-corrected chi connectivity index (χ2v) is 3.58. The van der Waals surface area contributed by atoms with Crippen molar-refractivity contribution in [2.75, 3.05) is 13.6 Å². The summed E-state index contributed by atoms with van der Waals surface area (Å²) >= 11 is 0. The molecule has 1 aromatic rings. The van der Waals surface area contributed by atoms with E-state index < -0.39 is 4.92 Å². The first-order valence-electron chi connectivity index (χ1n) is 4.82. The highest BCUT2D eigenvalue weighted by molar-refractivity contribution is 5.29. The molecule has 0 spiro atoms. The molecule has 6 nitrogen and oxygen atoms in total. The van der Waals surface area contributed by atoms with Crippen LogP contribution in [0.2, 0.25) is 0 Å². The third kappa shape index (κ3) is 2.33. The maximum atomic E-state index is 10.8. The van der Waals surface area contributed by atoms with Gasteiger partial charge >= 0.3 is 5.82 Å². The average Bonchev–Trinajstić information content (AvgIpc) is 2.46. The molecule has 0 aliphatic heterocycles. The van der Waals surface area contributed by atoms with Crippen molar-refractivity contribution in [2.45, 2.75) is 20.4 Å². The zero-order chi connectivity index (χ0) is 11.6. The van der Waals surface area contributed by atoms with Gasteiger partial charge in [-0.25, -0.2) is 0 Å². The molecule has 1 rings (SSSR count). The number of hydrogen-bond acceptors (Lipinski definition) is 4. The molecule has 0 amide bonds. The molecule has 0 N–H and O–H groups in total. The third-order valence-corrected chi connectivity index (χ3v) is 2.55. The van der Waals surface area contributed by atoms with Crippen molar-refractivity contribution in [3.63, 3.8) is 0 Å². The molecule has 0 fully saturated rings. The van der Waals surface area contributed by atoms with Crippen LogP contribution >= 0.6 is 0 Å². The second-order valence-electron chi connectivity index (χ2n) is 3.58. The van der Waals surface area contributed by atoms with Crippen molar-refractivity contribution in [1.29, 1.82) is 0 Å². The Morgan fingerprint density at radius 2 is 2.20 bits per heavy atom. The fourth-order valence-corrected chi connectivity index (χ4v) is 1.33. The molecule has 0 unspecified atom stereocenters. The van der Waals surface area contributed by atoms with E-state index in [2.05, 4.69) is 4.98 Å². The fraction of sp³-hybridized carbons (Fsp3) is 0.667. The number of nitro groups is 1. The minimum atomic E-state index is -0.425. The number of rotatable bonds is 4. The molecular weight excluding hydrogens is 196 g/mol. The molecule has 1 heterocycles. The fourth-order valence-electron chi connectivity index (χ4n) is 1.33. The first-order chi connectivity index (χ1) is 6.97. The zero-order valence-electron chi connectivity index (χ0n) is 9.52. The molecule has 15 heavy (non-hydrogen) atoms. The van der Waals surface area contributed by atoms with E-state index in [1.54, 1.807) is 18.5 Å². The van der Waals surface area contributed by atoms with E-state index in [9.17, 15) is 10.1 Å². The molecule has 0 radical (unpaired) electrons. The Morgan fingerprint density at radius 1 is 1.60 bits per heavy atom. The first-order valence-corrected chi connectivity index (χ1v) is 4.82. The summed E-state index contributed by atoms with van der Waals surface area (Å²) in [6, 6.07) is 0. The lowest BCUT2D eigenvalue weighted by Crippen LogP contribution is -2.19. The highest BCUT2D eigenvalue weighted by Gasteiger charge is 2.23. The summed E-state index contributed by atoms with van der Waals surface area (Å²) < 4.78 is 1.77. The summed E-state index contributed by atoms with van der Waals surface area (Å²) in [6.07, 6.45) is 0. The summed E-state index contributed by atoms with van der Waals surface area (Å²) in [4.78, 5) is 16.3. The highest BCUT2D eigenvalue weighted by atomic mass is 16.6. The molecule has 0 saturated carbocycles. The van der Waals surface area contributed by atoms with Gasteiger partial charge in [0.15, 0.2) is 0 Å². The van der Waals surface area contributed by atoms with E-state index >= 15 is 0 Å². The first kappa shape index (κ1) is 11.6. The summed E-state index contributed by atoms with van der Waals surface area (Å²) in [5.74, 6) is 0.636. The van der Waals surface area contributed by atoms with Gasteiger partial charge in [0.25, 0.3) is 0 Å². The lowest BCUT2D eigenvalue weighted by molar-refractivity contribution is -0.390. The topological polar surface area (TPSA) is 64.2 Å². The number of imidazole rings is 1. The monoisotopic (exact) mass is 212 g/mol. The molecule has 1 aromatic heterocycles. The SMILES string of the molecule is CCN(C)Cc1c([N+](=O)[O-])nc(C)n1C. The average molecular weight is 212 g/mol. The maximum Gasteiger partial charge on any atom is 0.386 e. The summed E-state index contributed by atoms with van der Waals surface area (Å²) in [6.45, 7) is 5.17. The number of aryl methyl sites for hydroxylation is 1. The number of hydrogen-bond donors (Lipinski definition) is 0. The molecule has 0 aromatic carbocycles. The van der Waals surface area contributed by atoms with Gasteiger partial charge in [-0.15, -0.1) is 0 Å². The quantitative estimate of drug-likeness (QED) is 0.553. The summed E-state index contributed by atoms with van der Waals surface area (Å²) in [5.41, 5.74) is 0.654. The smallest absolute Gasteiger partial charge is 0.358 e. The van der Waals surface area contributed by atoms with Gasteiger partial charge in [-0.2, -0.15) is 0 Å². The lowest BCUT2D eigenvalue weighted by Gasteiger charge is -2.13. The maximum absolute atomic E-state index is 10.8. The Hall–Kier alpha value is -1.43. The highest BCUT2D eigenvalue weighted by Crippen LogP contribution is 2.19. The van der Waals surface area contributed by atoms with Crippen LogP contribution in [-0.4, -0.2) is 33.0 Å². The van der Waals surface area contributed by atoms with E-state index in [0.717, 1.165) is 6.54 Å². The molecular formula is C9H16N4O2. The van der Waals surface area contributed by atoms with Crippen molar-refractivity contribution in [3.05, 3.63) is 21.6 Å². The van der Waals surface area contributed by atoms with E-state index in [1.807, 2.05) is 18.9 Å². The summed E-state index contributed by atoms with van der Waals surface area (Å²) in [5, 5.41) is 10.8. The Morgan fingerprint density at radius 3 is 2.67 bits per heavy atom. The van der Waals surface area contributed by atoms with E-state index in [1.165, 1.54) is 0 Å². The van der Waals surface area contributed by atoms with Crippen molar-refractivity contribution < 1.29 is 4.92 Å². The van der Waals surface area contributed by atoms with Crippen LogP contribution in [0, 0.1) is 17.0 Å². The zero-order valence-corrected chi connectivity index (χ0v) is 9.52. The van der Waals surface area contributed by atoms with Gasteiger partial charge in [0.2, 0.25) is 5.82 Å². The molecule has 0 aliphatic rings. The van der Waals surface area contributed by atoms with Crippen molar-refractivity contribution in [1.82, 2.24) is 14.5 Å². The standard InChI is InChI=1S/C9H16N4O2/c1-5-11(3)6-8-9(13(14)15)10-7(2)12(8)4/h5-6H2,1-4H3. The Kier molecular flexibility index (Phi) is 3.41. The van der Waals surface area contributed by atoms with Crippen LogP contribution in [0.1, 0.15) is 18.4 Å². The van der Waals surface area contributed by atoms with E-state index in [-0.39, 0.29) is 5.82 Å². The van der Waals surface area contributed by atoms with Gasteiger partial charge in [0.05, 0.1) is 0 Å². The molecule has 6 heteroatoms. The van der Waals surface area contributed by atoms with E-state index in [4.69, 9.17) is 0 Å². The minimum absolute atomic E-state index is 0.0321. The Bertz CT molecular complexity index is 372. The van der Waals surface area contributed by atoms with Gasteiger partial charge in [0, 0.05) is 20.5 Å². The van der Waals surface area contributed by atoms with Crippen molar-refractivity contribution in [2.24, 2.45) is 7.05 Å². The van der Waals surface area contributed by atoms with Crippen molar-refractivity contribution >= 4 is 5.82 Å². The molecule has 0 aliphatic carbocycles. The van der Waals surface area contributed by atoms with Crippen LogP contribution in [0.4, 0.5) is 5.82 Å². The third-order valence-electron chi connectivity index (χ3n) is 2.55. The molecule has 84 valence electrons. The predicted octanol–water partition coefficient (Wildman–Crippen LogP) is 1.09. The second kappa shape index (κ2) is 4.39. The van der Waals surface area contributed by atoms with Crippen LogP contribution in [0.15, 0.2) is 0 Å². The Labute approximate surface area is 88.7 Å². The number of nitrogens with zero attached hydrogens (tertiary/aromatic N) is 4. The van der Waals surface area contributed by atoms with Crippen LogP contribution in [0.3, 0.4) is 0 Å². The molecule has 0 bridgehead atoms. The minimum Gasteiger partial charge on any atom is -0.358 e. The Balaban J connectivity index is 3.08. The summed E-state index contributed by atoms with van der Waals surface area (Å²) in [7, 11) is 3.72. The molecule has 0 atom stereocenters. The van der Waals surface area contributed by atoms with Gasteiger partial charge in [0.1, 0.15) is 5.69 Å². The van der Waals surface area contributed by atoms with Crippen LogP contribution in [-0.2, 0) is 13.6 Å². The largest absolute Gasteiger partial charge is 0.386 e. The predicted molar refractivity (Wildman–Crippen MR) is 56.6 cm³/mol. The van der Waals surface area contributed by atoms with Gasteiger partial charge in [-0.1, -0.05) is 6.92 Å². The van der Waals surface area contributed by atoms with Gasteiger partial charge in [-0.05, 0) is 23.5 Å². The van der Waals surface area contributed by atoms with Gasteiger partial charge in [-0.3, -0.25) is 0 Å².